The van der Waals surface area contributed by atoms with Crippen LogP contribution in [0.3, 0.4) is 0 Å². The third-order valence-corrected chi connectivity index (χ3v) is 4.59. The summed E-state index contributed by atoms with van der Waals surface area (Å²) in [6, 6.07) is 0. The maximum absolute atomic E-state index is 4.62. The molecule has 0 rings (SSSR count). The van der Waals surface area contributed by atoms with Gasteiger partial charge in [0.1, 0.15) is 0 Å². The van der Waals surface area contributed by atoms with Gasteiger partial charge in [-0.25, -0.2) is 0 Å². The summed E-state index contributed by atoms with van der Waals surface area (Å²) in [5.74, 6) is 2.62. The zero-order chi connectivity index (χ0) is 14.5. The summed E-state index contributed by atoms with van der Waals surface area (Å²) < 4.78 is 0. The molecule has 0 spiro atoms. The van der Waals surface area contributed by atoms with Gasteiger partial charge in [-0.05, 0) is 43.2 Å². The molecule has 0 radical (unpaired) electrons. The van der Waals surface area contributed by atoms with Crippen molar-refractivity contribution in [2.45, 2.75) is 86.0 Å². The fourth-order valence-electron chi connectivity index (χ4n) is 2.87. The van der Waals surface area contributed by atoms with Crippen LogP contribution in [-0.2, 0) is 0 Å². The monoisotopic (exact) mass is 267 g/mol. The van der Waals surface area contributed by atoms with E-state index in [1.807, 2.05) is 0 Å². The van der Waals surface area contributed by atoms with Crippen LogP contribution in [0.2, 0.25) is 0 Å². The Morgan fingerprint density at radius 3 is 2.11 bits per heavy atom. The van der Waals surface area contributed by atoms with Gasteiger partial charge in [0.05, 0.1) is 0 Å². The van der Waals surface area contributed by atoms with Crippen LogP contribution < -0.4 is 0 Å². The molecule has 0 saturated heterocycles. The van der Waals surface area contributed by atoms with Crippen LogP contribution in [0.15, 0.2) is 4.99 Å². The van der Waals surface area contributed by atoms with Gasteiger partial charge < -0.3 is 0 Å². The van der Waals surface area contributed by atoms with Crippen LogP contribution in [0.5, 0.6) is 0 Å². The molecular formula is C18H37N. The minimum atomic E-state index is 0.850. The Labute approximate surface area is 122 Å². The molecule has 0 aromatic rings. The van der Waals surface area contributed by atoms with Gasteiger partial charge in [-0.1, -0.05) is 66.7 Å². The normalized spacial score (nSPS) is 16.7. The van der Waals surface area contributed by atoms with Crippen molar-refractivity contribution in [1.82, 2.24) is 0 Å². The third-order valence-electron chi connectivity index (χ3n) is 4.59. The molecule has 114 valence electrons. The fraction of sp³-hybridized carbons (Fsp3) is 0.944. The predicted molar refractivity (Wildman–Crippen MR) is 89.1 cm³/mol. The lowest BCUT2D eigenvalue weighted by molar-refractivity contribution is 0.301. The van der Waals surface area contributed by atoms with E-state index in [1.54, 1.807) is 0 Å². The number of hydrogen-bond donors (Lipinski definition) is 0. The molecule has 3 atom stereocenters. The minimum absolute atomic E-state index is 0.850. The van der Waals surface area contributed by atoms with Gasteiger partial charge in [-0.2, -0.15) is 0 Å². The number of rotatable bonds is 12. The highest BCUT2D eigenvalue weighted by Gasteiger charge is 2.16. The molecule has 0 saturated carbocycles. The standard InChI is InChI=1S/C18H37N/c1-6-11-17(8-3)18(9-4)13-15-19-14-10-12-16(5)7-2/h15-18H,6-14H2,1-5H3. The van der Waals surface area contributed by atoms with E-state index in [0.717, 1.165) is 24.3 Å². The quantitative estimate of drug-likeness (QED) is 0.298. The van der Waals surface area contributed by atoms with E-state index in [4.69, 9.17) is 0 Å². The Balaban J connectivity index is 3.86. The zero-order valence-electron chi connectivity index (χ0n) is 14.1. The first-order valence-electron chi connectivity index (χ1n) is 8.67. The van der Waals surface area contributed by atoms with E-state index in [9.17, 15) is 0 Å². The van der Waals surface area contributed by atoms with Crippen molar-refractivity contribution in [3.8, 4) is 0 Å². The summed E-state index contributed by atoms with van der Waals surface area (Å²) in [6.45, 7) is 12.6. The average molecular weight is 268 g/mol. The van der Waals surface area contributed by atoms with E-state index in [0.29, 0.717) is 0 Å². The second kappa shape index (κ2) is 12.7. The van der Waals surface area contributed by atoms with E-state index in [1.165, 1.54) is 51.4 Å². The molecule has 0 aromatic heterocycles. The Morgan fingerprint density at radius 1 is 0.895 bits per heavy atom. The lowest BCUT2D eigenvalue weighted by Crippen LogP contribution is -2.14. The summed E-state index contributed by atoms with van der Waals surface area (Å²) in [6.07, 6.45) is 12.6. The molecule has 1 heteroatoms. The molecule has 19 heavy (non-hydrogen) atoms. The molecule has 1 nitrogen and oxygen atoms in total. The second-order valence-electron chi connectivity index (χ2n) is 6.11. The van der Waals surface area contributed by atoms with Gasteiger partial charge in [0.2, 0.25) is 0 Å². The van der Waals surface area contributed by atoms with Crippen molar-refractivity contribution in [2.24, 2.45) is 22.7 Å². The maximum Gasteiger partial charge on any atom is 0.0385 e. The number of hydrogen-bond acceptors (Lipinski definition) is 1. The Hall–Kier alpha value is -0.330. The van der Waals surface area contributed by atoms with Crippen LogP contribution in [0.4, 0.5) is 0 Å². The minimum Gasteiger partial charge on any atom is -0.298 e. The van der Waals surface area contributed by atoms with Crippen molar-refractivity contribution in [3.63, 3.8) is 0 Å². The van der Waals surface area contributed by atoms with Crippen LogP contribution in [0.25, 0.3) is 0 Å². The lowest BCUT2D eigenvalue weighted by atomic mass is 9.83. The highest BCUT2D eigenvalue weighted by atomic mass is 14.7. The SMILES string of the molecule is CCCC(CC)C(CC)CC=NCCCC(C)CC. The van der Waals surface area contributed by atoms with Gasteiger partial charge in [0.25, 0.3) is 0 Å². The molecule has 0 aliphatic rings. The van der Waals surface area contributed by atoms with Crippen LogP contribution in [-0.4, -0.2) is 12.8 Å². The first-order valence-corrected chi connectivity index (χ1v) is 8.67. The van der Waals surface area contributed by atoms with Crippen molar-refractivity contribution in [2.75, 3.05) is 6.54 Å². The molecule has 0 heterocycles. The smallest absolute Gasteiger partial charge is 0.0385 e. The van der Waals surface area contributed by atoms with Crippen LogP contribution in [0, 0.1) is 17.8 Å². The lowest BCUT2D eigenvalue weighted by Gasteiger charge is -2.23. The van der Waals surface area contributed by atoms with Crippen LogP contribution >= 0.6 is 0 Å². The van der Waals surface area contributed by atoms with Crippen molar-refractivity contribution in [3.05, 3.63) is 0 Å². The number of aliphatic imine (C=N–C) groups is 1. The summed E-state index contributed by atoms with van der Waals surface area (Å²) in [5, 5.41) is 0. The number of nitrogens with zero attached hydrogens (tertiary/aromatic N) is 1. The van der Waals surface area contributed by atoms with E-state index >= 15 is 0 Å². The third kappa shape index (κ3) is 9.24. The highest BCUT2D eigenvalue weighted by Crippen LogP contribution is 2.26. The molecule has 0 N–H and O–H groups in total. The largest absolute Gasteiger partial charge is 0.298 e. The topological polar surface area (TPSA) is 12.4 Å². The van der Waals surface area contributed by atoms with Gasteiger partial charge >= 0.3 is 0 Å². The molecule has 0 aliphatic heterocycles. The predicted octanol–water partition coefficient (Wildman–Crippen LogP) is 6.13. The summed E-state index contributed by atoms with van der Waals surface area (Å²) >= 11 is 0. The summed E-state index contributed by atoms with van der Waals surface area (Å²) in [5.41, 5.74) is 0. The van der Waals surface area contributed by atoms with E-state index < -0.39 is 0 Å². The van der Waals surface area contributed by atoms with Crippen molar-refractivity contribution < 1.29 is 0 Å². The average Bonchev–Trinajstić information content (AvgIpc) is 2.44. The zero-order valence-corrected chi connectivity index (χ0v) is 14.1. The highest BCUT2D eigenvalue weighted by molar-refractivity contribution is 5.57. The fourth-order valence-corrected chi connectivity index (χ4v) is 2.87. The second-order valence-corrected chi connectivity index (χ2v) is 6.11. The molecular weight excluding hydrogens is 230 g/mol. The molecule has 0 fully saturated rings. The van der Waals surface area contributed by atoms with Crippen molar-refractivity contribution >= 4 is 6.21 Å². The Bertz CT molecular complexity index is 210. The molecule has 0 amide bonds. The first-order chi connectivity index (χ1) is 9.19. The molecule has 3 unspecified atom stereocenters. The maximum atomic E-state index is 4.62. The summed E-state index contributed by atoms with van der Waals surface area (Å²) in [4.78, 5) is 4.62. The first kappa shape index (κ1) is 18.7. The Kier molecular flexibility index (Phi) is 12.5. The molecule has 0 aliphatic carbocycles. The Morgan fingerprint density at radius 2 is 1.58 bits per heavy atom. The summed E-state index contributed by atoms with van der Waals surface area (Å²) in [7, 11) is 0. The molecule has 0 aromatic carbocycles. The van der Waals surface area contributed by atoms with Gasteiger partial charge in [0.15, 0.2) is 0 Å². The van der Waals surface area contributed by atoms with Gasteiger partial charge in [0, 0.05) is 6.54 Å². The van der Waals surface area contributed by atoms with Gasteiger partial charge in [-0.3, -0.25) is 4.99 Å². The van der Waals surface area contributed by atoms with Gasteiger partial charge in [-0.15, -0.1) is 0 Å². The van der Waals surface area contributed by atoms with E-state index in [2.05, 4.69) is 45.8 Å². The van der Waals surface area contributed by atoms with Crippen LogP contribution in [0.1, 0.15) is 86.0 Å². The van der Waals surface area contributed by atoms with Crippen molar-refractivity contribution in [1.29, 1.82) is 0 Å². The van der Waals surface area contributed by atoms with E-state index in [-0.39, 0.29) is 0 Å². The molecule has 0 bridgehead atoms.